The molecule has 0 saturated heterocycles. The molecule has 0 bridgehead atoms. The molecule has 0 spiro atoms. The predicted octanol–water partition coefficient (Wildman–Crippen LogP) is 3.24. The maximum Gasteiger partial charge on any atom is 0.242 e. The smallest absolute Gasteiger partial charge is 0.242 e. The number of nitrogens with one attached hydrogen (secondary N) is 1. The molecule has 0 aliphatic rings. The van der Waals surface area contributed by atoms with Gasteiger partial charge in [-0.3, -0.25) is 4.98 Å². The summed E-state index contributed by atoms with van der Waals surface area (Å²) in [4.78, 5) is 25.7. The summed E-state index contributed by atoms with van der Waals surface area (Å²) in [5.74, 6) is 1.20. The maximum atomic E-state index is 10.5. The second-order valence-corrected chi connectivity index (χ2v) is 5.39. The zero-order valence-electron chi connectivity index (χ0n) is 11.7. The topological polar surface area (TPSA) is 71.0 Å². The van der Waals surface area contributed by atoms with E-state index in [2.05, 4.69) is 19.9 Å². The summed E-state index contributed by atoms with van der Waals surface area (Å²) in [6.07, 6.45) is 8.70. The van der Waals surface area contributed by atoms with Crippen molar-refractivity contribution >= 4 is 24.0 Å². The monoisotopic (exact) mass is 268 g/mol. The van der Waals surface area contributed by atoms with Crippen LogP contribution in [0.4, 0.5) is 5.82 Å². The molecule has 2 heterocycles. The Labute approximate surface area is 117 Å². The second-order valence-electron chi connectivity index (χ2n) is 5.39. The Bertz CT molecular complexity index is 659. The van der Waals surface area contributed by atoms with Crippen LogP contribution in [0, 0.1) is 0 Å². The van der Waals surface area contributed by atoms with Crippen molar-refractivity contribution in [2.45, 2.75) is 26.2 Å². The number of rotatable bonds is 3. The Kier molecular flexibility index (Phi) is 3.91. The number of hydrogen-bond acceptors (Lipinski definition) is 4. The van der Waals surface area contributed by atoms with Crippen LogP contribution in [0.2, 0.25) is 0 Å². The van der Waals surface area contributed by atoms with E-state index < -0.39 is 0 Å². The molecule has 5 nitrogen and oxygen atoms in total. The number of isocyanates is 1. The number of aromatic nitrogens is 3. The van der Waals surface area contributed by atoms with Gasteiger partial charge in [0.2, 0.25) is 6.08 Å². The fraction of sp³-hybridized carbons (Fsp3) is 0.267. The second kappa shape index (κ2) is 5.63. The summed E-state index contributed by atoms with van der Waals surface area (Å²) in [6.45, 7) is 6.11. The Morgan fingerprint density at radius 1 is 1.25 bits per heavy atom. The minimum absolute atomic E-state index is 0.143. The van der Waals surface area contributed by atoms with E-state index in [1.165, 1.54) is 0 Å². The van der Waals surface area contributed by atoms with Crippen molar-refractivity contribution in [2.24, 2.45) is 4.99 Å². The van der Waals surface area contributed by atoms with E-state index in [4.69, 9.17) is 0 Å². The van der Waals surface area contributed by atoms with Crippen LogP contribution in [-0.4, -0.2) is 21.0 Å². The Balaban J connectivity index is 2.38. The number of imidazole rings is 1. The van der Waals surface area contributed by atoms with Crippen LogP contribution < -0.4 is 0 Å². The van der Waals surface area contributed by atoms with Crippen molar-refractivity contribution in [1.29, 1.82) is 0 Å². The van der Waals surface area contributed by atoms with Crippen molar-refractivity contribution < 1.29 is 4.79 Å². The largest absolute Gasteiger partial charge is 0.325 e. The van der Waals surface area contributed by atoms with E-state index in [-0.39, 0.29) is 5.41 Å². The van der Waals surface area contributed by atoms with Crippen LogP contribution in [0.5, 0.6) is 0 Å². The molecule has 1 N–H and O–H groups in total. The molecule has 2 aromatic rings. The molecule has 102 valence electrons. The highest BCUT2D eigenvalue weighted by atomic mass is 16.1. The zero-order chi connectivity index (χ0) is 14.6. The minimum atomic E-state index is -0.143. The SMILES string of the molecule is CC(C)(C)c1nc(C=Cc2ccncc2)c(N=C=O)[nH]1. The summed E-state index contributed by atoms with van der Waals surface area (Å²) in [5.41, 5.74) is 1.48. The van der Waals surface area contributed by atoms with Crippen molar-refractivity contribution in [2.75, 3.05) is 0 Å². The van der Waals surface area contributed by atoms with E-state index in [9.17, 15) is 4.79 Å². The molecule has 5 heteroatoms. The fourth-order valence-electron chi connectivity index (χ4n) is 1.63. The lowest BCUT2D eigenvalue weighted by atomic mass is 9.96. The molecule has 2 rings (SSSR count). The van der Waals surface area contributed by atoms with Gasteiger partial charge in [0.1, 0.15) is 11.5 Å². The summed E-state index contributed by atoms with van der Waals surface area (Å²) in [5, 5.41) is 0. The lowest BCUT2D eigenvalue weighted by Gasteiger charge is -2.13. The molecule has 0 atom stereocenters. The van der Waals surface area contributed by atoms with Crippen LogP contribution in [0.3, 0.4) is 0 Å². The Morgan fingerprint density at radius 3 is 2.55 bits per heavy atom. The molecule has 0 aliphatic carbocycles. The zero-order valence-corrected chi connectivity index (χ0v) is 11.7. The quantitative estimate of drug-likeness (QED) is 0.686. The Hall–Kier alpha value is -2.52. The highest BCUT2D eigenvalue weighted by Crippen LogP contribution is 2.25. The van der Waals surface area contributed by atoms with Gasteiger partial charge in [0.15, 0.2) is 5.82 Å². The molecular weight excluding hydrogens is 252 g/mol. The summed E-state index contributed by atoms with van der Waals surface area (Å²) >= 11 is 0. The first-order chi connectivity index (χ1) is 9.50. The molecule has 0 saturated carbocycles. The number of carbonyl (C=O) groups excluding carboxylic acids is 1. The number of aliphatic imine (C=N–C) groups is 1. The van der Waals surface area contributed by atoms with E-state index in [0.717, 1.165) is 11.4 Å². The third-order valence-corrected chi connectivity index (χ3v) is 2.72. The molecule has 0 aromatic carbocycles. The number of pyridine rings is 1. The van der Waals surface area contributed by atoms with Gasteiger partial charge in [-0.1, -0.05) is 26.8 Å². The average molecular weight is 268 g/mol. The first kappa shape index (κ1) is 13.9. The lowest BCUT2D eigenvalue weighted by molar-refractivity contribution is 0.552. The number of H-pyrrole nitrogens is 1. The minimum Gasteiger partial charge on any atom is -0.325 e. The van der Waals surface area contributed by atoms with Gasteiger partial charge in [0, 0.05) is 17.8 Å². The lowest BCUT2D eigenvalue weighted by Crippen LogP contribution is -2.13. The van der Waals surface area contributed by atoms with Crippen LogP contribution in [0.15, 0.2) is 29.5 Å². The van der Waals surface area contributed by atoms with Gasteiger partial charge >= 0.3 is 0 Å². The van der Waals surface area contributed by atoms with Crippen LogP contribution in [-0.2, 0) is 10.2 Å². The van der Waals surface area contributed by atoms with Crippen LogP contribution in [0.1, 0.15) is 37.9 Å². The van der Waals surface area contributed by atoms with Crippen molar-refractivity contribution in [1.82, 2.24) is 15.0 Å². The normalized spacial score (nSPS) is 11.6. The fourth-order valence-corrected chi connectivity index (χ4v) is 1.63. The summed E-state index contributed by atoms with van der Waals surface area (Å²) in [7, 11) is 0. The molecule has 0 radical (unpaired) electrons. The number of aromatic amines is 1. The highest BCUT2D eigenvalue weighted by molar-refractivity contribution is 5.73. The predicted molar refractivity (Wildman–Crippen MR) is 78.2 cm³/mol. The van der Waals surface area contributed by atoms with E-state index in [1.54, 1.807) is 18.5 Å². The average Bonchev–Trinajstić information content (AvgIpc) is 2.81. The molecule has 0 aliphatic heterocycles. The third kappa shape index (κ3) is 3.28. The van der Waals surface area contributed by atoms with Crippen molar-refractivity contribution in [3.05, 3.63) is 41.6 Å². The first-order valence-electron chi connectivity index (χ1n) is 6.27. The van der Waals surface area contributed by atoms with Crippen LogP contribution in [0.25, 0.3) is 12.2 Å². The van der Waals surface area contributed by atoms with Gasteiger partial charge in [0.05, 0.1) is 0 Å². The first-order valence-corrected chi connectivity index (χ1v) is 6.27. The molecular formula is C15H16N4O. The standard InChI is InChI=1S/C15H16N4O/c1-15(2,3)14-18-12(13(19-14)17-10-20)5-4-11-6-8-16-9-7-11/h4-9H,1-3H3,(H,18,19). The number of hydrogen-bond donors (Lipinski definition) is 1. The van der Waals surface area contributed by atoms with Gasteiger partial charge in [0.25, 0.3) is 0 Å². The highest BCUT2D eigenvalue weighted by Gasteiger charge is 2.19. The van der Waals surface area contributed by atoms with Gasteiger partial charge in [-0.05, 0) is 23.8 Å². The van der Waals surface area contributed by atoms with Crippen molar-refractivity contribution in [3.63, 3.8) is 0 Å². The maximum absolute atomic E-state index is 10.5. The number of nitrogens with zero attached hydrogens (tertiary/aromatic N) is 3. The van der Waals surface area contributed by atoms with Gasteiger partial charge in [-0.25, -0.2) is 9.78 Å². The van der Waals surface area contributed by atoms with E-state index in [0.29, 0.717) is 11.5 Å². The summed E-state index contributed by atoms with van der Waals surface area (Å²) in [6, 6.07) is 3.77. The molecule has 20 heavy (non-hydrogen) atoms. The van der Waals surface area contributed by atoms with Crippen molar-refractivity contribution in [3.8, 4) is 0 Å². The van der Waals surface area contributed by atoms with Gasteiger partial charge in [-0.2, -0.15) is 0 Å². The summed E-state index contributed by atoms with van der Waals surface area (Å²) < 4.78 is 0. The van der Waals surface area contributed by atoms with Gasteiger partial charge in [-0.15, -0.1) is 4.99 Å². The van der Waals surface area contributed by atoms with Crippen LogP contribution >= 0.6 is 0 Å². The molecule has 2 aromatic heterocycles. The Morgan fingerprint density at radius 2 is 1.95 bits per heavy atom. The van der Waals surface area contributed by atoms with E-state index >= 15 is 0 Å². The molecule has 0 fully saturated rings. The molecule has 0 amide bonds. The van der Waals surface area contributed by atoms with Gasteiger partial charge < -0.3 is 4.98 Å². The third-order valence-electron chi connectivity index (χ3n) is 2.72. The van der Waals surface area contributed by atoms with E-state index in [1.807, 2.05) is 45.1 Å². The molecule has 0 unspecified atom stereocenters.